The zero-order chi connectivity index (χ0) is 24.8. The Labute approximate surface area is 208 Å². The molecule has 2 atom stereocenters. The van der Waals surface area contributed by atoms with Gasteiger partial charge in [0, 0.05) is 27.0 Å². The number of aromatic nitrogens is 4. The van der Waals surface area contributed by atoms with Crippen LogP contribution < -0.4 is 0 Å². The Morgan fingerprint density at radius 3 is 2.66 bits per heavy atom. The van der Waals surface area contributed by atoms with E-state index in [-0.39, 0.29) is 37.1 Å². The smallest absolute Gasteiger partial charge is 0.416 e. The van der Waals surface area contributed by atoms with E-state index in [1.165, 1.54) is 4.90 Å². The molecule has 35 heavy (non-hydrogen) atoms. The predicted octanol–water partition coefficient (Wildman–Crippen LogP) is 3.92. The maximum atomic E-state index is 13.9. The number of nitrogens with zero attached hydrogens (tertiary/aromatic N) is 5. The summed E-state index contributed by atoms with van der Waals surface area (Å²) in [5.41, 5.74) is 1.07. The second-order valence-corrected chi connectivity index (χ2v) is 16.5. The summed E-state index contributed by atoms with van der Waals surface area (Å²) in [7, 11) is -1.19. The van der Waals surface area contributed by atoms with Crippen LogP contribution in [0, 0.1) is 11.8 Å². The summed E-state index contributed by atoms with van der Waals surface area (Å²) in [6.45, 7) is 8.09. The van der Waals surface area contributed by atoms with Crippen molar-refractivity contribution in [1.82, 2.24) is 25.1 Å². The molecule has 2 heterocycles. The molecule has 1 aromatic carbocycles. The Kier molecular flexibility index (Phi) is 8.33. The summed E-state index contributed by atoms with van der Waals surface area (Å²) in [5.74, 6) is 0.282. The molecule has 2 aliphatic rings. The van der Waals surface area contributed by atoms with Gasteiger partial charge < -0.3 is 9.47 Å². The normalized spacial score (nSPS) is 19.8. The van der Waals surface area contributed by atoms with Crippen molar-refractivity contribution in [2.75, 3.05) is 13.2 Å². The average molecular weight is 500 g/mol. The van der Waals surface area contributed by atoms with Crippen molar-refractivity contribution in [3.63, 3.8) is 0 Å². The zero-order valence-electron chi connectivity index (χ0n) is 21.1. The number of rotatable bonds is 11. The SMILES string of the molecule is C[Si](C)(C)CCOCn1nnnc1C[C@@H](C(=O)N1C(=O)OC[C@H]1Cc1ccccc1)C1CCCC1. The Morgan fingerprint density at radius 1 is 1.20 bits per heavy atom. The molecule has 0 spiro atoms. The van der Waals surface area contributed by atoms with Gasteiger partial charge in [-0.05, 0) is 47.2 Å². The van der Waals surface area contributed by atoms with Gasteiger partial charge in [0.1, 0.15) is 13.3 Å². The zero-order valence-corrected chi connectivity index (χ0v) is 22.1. The van der Waals surface area contributed by atoms with Crippen LogP contribution in [0.2, 0.25) is 25.7 Å². The van der Waals surface area contributed by atoms with Gasteiger partial charge in [-0.3, -0.25) is 4.79 Å². The maximum absolute atomic E-state index is 13.9. The fraction of sp³-hybridized carbons (Fsp3) is 0.640. The third kappa shape index (κ3) is 6.76. The minimum Gasteiger partial charge on any atom is -0.447 e. The van der Waals surface area contributed by atoms with Crippen LogP contribution in [0.15, 0.2) is 30.3 Å². The lowest BCUT2D eigenvalue weighted by Crippen LogP contribution is -2.46. The molecule has 190 valence electrons. The molecular formula is C25H37N5O4Si. The maximum Gasteiger partial charge on any atom is 0.416 e. The first kappa shape index (κ1) is 25.5. The Morgan fingerprint density at radius 2 is 1.94 bits per heavy atom. The quantitative estimate of drug-likeness (QED) is 0.341. The first-order valence-electron chi connectivity index (χ1n) is 12.7. The minimum absolute atomic E-state index is 0.172. The second-order valence-electron chi connectivity index (χ2n) is 10.9. The van der Waals surface area contributed by atoms with Crippen LogP contribution in [0.25, 0.3) is 0 Å². The number of benzene rings is 1. The first-order chi connectivity index (χ1) is 16.8. The van der Waals surface area contributed by atoms with E-state index in [0.29, 0.717) is 25.3 Å². The van der Waals surface area contributed by atoms with Crippen LogP contribution in [0.3, 0.4) is 0 Å². The van der Waals surface area contributed by atoms with Gasteiger partial charge in [-0.1, -0.05) is 62.8 Å². The number of ether oxygens (including phenoxy) is 2. The van der Waals surface area contributed by atoms with E-state index in [1.807, 2.05) is 30.3 Å². The fourth-order valence-corrected chi connectivity index (χ4v) is 5.71. The van der Waals surface area contributed by atoms with E-state index in [2.05, 4.69) is 35.2 Å². The van der Waals surface area contributed by atoms with E-state index in [1.54, 1.807) is 4.68 Å². The Balaban J connectivity index is 1.47. The summed E-state index contributed by atoms with van der Waals surface area (Å²) in [5, 5.41) is 12.2. The first-order valence-corrected chi connectivity index (χ1v) is 16.4. The number of hydrogen-bond donors (Lipinski definition) is 0. The molecular weight excluding hydrogens is 462 g/mol. The minimum atomic E-state index is -1.19. The molecule has 1 saturated carbocycles. The molecule has 1 aromatic heterocycles. The summed E-state index contributed by atoms with van der Waals surface area (Å²) in [4.78, 5) is 27.9. The third-order valence-corrected chi connectivity index (χ3v) is 8.72. The van der Waals surface area contributed by atoms with Gasteiger partial charge in [0.25, 0.3) is 0 Å². The predicted molar refractivity (Wildman–Crippen MR) is 133 cm³/mol. The van der Waals surface area contributed by atoms with Crippen LogP contribution in [0.4, 0.5) is 4.79 Å². The molecule has 2 amide bonds. The van der Waals surface area contributed by atoms with Crippen LogP contribution in [-0.2, 0) is 33.8 Å². The molecule has 1 saturated heterocycles. The van der Waals surface area contributed by atoms with Gasteiger partial charge in [-0.25, -0.2) is 14.4 Å². The number of carbonyl (C=O) groups excluding carboxylic acids is 2. The van der Waals surface area contributed by atoms with Crippen molar-refractivity contribution in [2.24, 2.45) is 11.8 Å². The molecule has 0 unspecified atom stereocenters. The lowest BCUT2D eigenvalue weighted by atomic mass is 9.86. The van der Waals surface area contributed by atoms with Gasteiger partial charge in [-0.15, -0.1) is 5.10 Å². The molecule has 2 fully saturated rings. The topological polar surface area (TPSA) is 99.4 Å². The van der Waals surface area contributed by atoms with Crippen LogP contribution in [0.5, 0.6) is 0 Å². The van der Waals surface area contributed by atoms with E-state index in [4.69, 9.17) is 9.47 Å². The van der Waals surface area contributed by atoms with Crippen molar-refractivity contribution in [3.8, 4) is 0 Å². The van der Waals surface area contributed by atoms with Crippen molar-refractivity contribution in [3.05, 3.63) is 41.7 Å². The van der Waals surface area contributed by atoms with Crippen molar-refractivity contribution in [2.45, 2.75) is 77.0 Å². The average Bonchev–Trinajstić information content (AvgIpc) is 3.57. The number of hydrogen-bond acceptors (Lipinski definition) is 7. The molecule has 1 aliphatic heterocycles. The van der Waals surface area contributed by atoms with E-state index in [0.717, 1.165) is 37.3 Å². The summed E-state index contributed by atoms with van der Waals surface area (Å²) >= 11 is 0. The van der Waals surface area contributed by atoms with E-state index >= 15 is 0 Å². The lowest BCUT2D eigenvalue weighted by molar-refractivity contribution is -0.135. The lowest BCUT2D eigenvalue weighted by Gasteiger charge is -2.28. The highest BCUT2D eigenvalue weighted by Crippen LogP contribution is 2.35. The fourth-order valence-electron chi connectivity index (χ4n) is 4.96. The van der Waals surface area contributed by atoms with Crippen molar-refractivity contribution in [1.29, 1.82) is 0 Å². The highest BCUT2D eigenvalue weighted by molar-refractivity contribution is 6.76. The van der Waals surface area contributed by atoms with Crippen LogP contribution in [0.1, 0.15) is 37.1 Å². The van der Waals surface area contributed by atoms with Gasteiger partial charge >= 0.3 is 6.09 Å². The Hall–Kier alpha value is -2.59. The largest absolute Gasteiger partial charge is 0.447 e. The molecule has 0 N–H and O–H groups in total. The van der Waals surface area contributed by atoms with Gasteiger partial charge in [0.2, 0.25) is 5.91 Å². The highest BCUT2D eigenvalue weighted by Gasteiger charge is 2.44. The summed E-state index contributed by atoms with van der Waals surface area (Å²) < 4.78 is 12.8. The third-order valence-electron chi connectivity index (χ3n) is 7.02. The number of carbonyl (C=O) groups is 2. The highest BCUT2D eigenvalue weighted by atomic mass is 28.3. The summed E-state index contributed by atoms with van der Waals surface area (Å²) in [6, 6.07) is 10.7. The van der Waals surface area contributed by atoms with Gasteiger partial charge in [-0.2, -0.15) is 0 Å². The monoisotopic (exact) mass is 499 g/mol. The van der Waals surface area contributed by atoms with Crippen LogP contribution >= 0.6 is 0 Å². The van der Waals surface area contributed by atoms with Gasteiger partial charge in [0.05, 0.1) is 6.04 Å². The molecule has 0 radical (unpaired) electrons. The number of imide groups is 1. The van der Waals surface area contributed by atoms with Crippen molar-refractivity contribution >= 4 is 20.1 Å². The van der Waals surface area contributed by atoms with E-state index < -0.39 is 14.2 Å². The number of amides is 2. The Bertz CT molecular complexity index is 987. The van der Waals surface area contributed by atoms with Crippen molar-refractivity contribution < 1.29 is 19.1 Å². The van der Waals surface area contributed by atoms with Crippen LogP contribution in [-0.4, -0.2) is 64.4 Å². The molecule has 2 aromatic rings. The summed E-state index contributed by atoms with van der Waals surface area (Å²) in [6.07, 6.45) is 4.55. The molecule has 4 rings (SSSR count). The molecule has 9 nitrogen and oxygen atoms in total. The second kappa shape index (κ2) is 11.4. The van der Waals surface area contributed by atoms with E-state index in [9.17, 15) is 9.59 Å². The number of cyclic esters (lactones) is 1. The molecule has 10 heteroatoms. The molecule has 0 bridgehead atoms. The number of tetrazole rings is 1. The molecule has 1 aliphatic carbocycles. The van der Waals surface area contributed by atoms with Gasteiger partial charge in [0.15, 0.2) is 5.82 Å². The standard InChI is InChI=1S/C25H37N5O4Si/c1-35(2,3)14-13-33-18-29-23(26-27-28-29)16-22(20-11-7-8-12-20)24(31)30-21(17-34-25(30)32)15-19-9-5-4-6-10-19/h4-6,9-10,20-22H,7-8,11-18H2,1-3H3/t21-,22-/m1/s1.